The molecule has 2 aromatic carbocycles. The van der Waals surface area contributed by atoms with Crippen LogP contribution in [-0.2, 0) is 19.1 Å². The van der Waals surface area contributed by atoms with E-state index >= 15 is 0 Å². The second-order valence-electron chi connectivity index (χ2n) is 7.06. The number of imide groups is 1. The zero-order valence-electron chi connectivity index (χ0n) is 17.9. The molecular weight excluding hydrogens is 412 g/mol. The molecule has 0 aromatic heterocycles. The SMILES string of the molecule is CCCOC(=O)c1cccc(NC2=CC(=O)N(c3cccc(C(=O)OCCC)c3)C2=O)c1. The second kappa shape index (κ2) is 10.4. The number of carbonyl (C=O) groups is 4. The van der Waals surface area contributed by atoms with E-state index in [2.05, 4.69) is 5.32 Å². The van der Waals surface area contributed by atoms with Crippen molar-refractivity contribution in [2.24, 2.45) is 0 Å². The lowest BCUT2D eigenvalue weighted by Gasteiger charge is -2.16. The van der Waals surface area contributed by atoms with E-state index in [1.54, 1.807) is 42.5 Å². The van der Waals surface area contributed by atoms with Gasteiger partial charge in [0.05, 0.1) is 30.0 Å². The van der Waals surface area contributed by atoms with E-state index < -0.39 is 23.8 Å². The number of anilines is 2. The first-order chi connectivity index (χ1) is 15.4. The Morgan fingerprint density at radius 3 is 2.09 bits per heavy atom. The first kappa shape index (κ1) is 22.7. The number of rotatable bonds is 9. The molecule has 0 atom stereocenters. The van der Waals surface area contributed by atoms with Crippen LogP contribution >= 0.6 is 0 Å². The summed E-state index contributed by atoms with van der Waals surface area (Å²) in [5.41, 5.74) is 1.35. The highest BCUT2D eigenvalue weighted by atomic mass is 16.5. The van der Waals surface area contributed by atoms with Gasteiger partial charge in [-0.1, -0.05) is 26.0 Å². The molecule has 32 heavy (non-hydrogen) atoms. The summed E-state index contributed by atoms with van der Waals surface area (Å²) in [6, 6.07) is 12.6. The number of amides is 2. The lowest BCUT2D eigenvalue weighted by Crippen LogP contribution is -2.32. The maximum Gasteiger partial charge on any atom is 0.338 e. The van der Waals surface area contributed by atoms with Crippen LogP contribution in [0.5, 0.6) is 0 Å². The zero-order chi connectivity index (χ0) is 23.1. The van der Waals surface area contributed by atoms with Gasteiger partial charge in [0, 0.05) is 11.8 Å². The highest BCUT2D eigenvalue weighted by molar-refractivity contribution is 6.31. The van der Waals surface area contributed by atoms with E-state index in [1.165, 1.54) is 12.1 Å². The van der Waals surface area contributed by atoms with Crippen LogP contribution in [0.25, 0.3) is 0 Å². The number of hydrogen-bond acceptors (Lipinski definition) is 7. The molecule has 0 unspecified atom stereocenters. The Labute approximate surface area is 185 Å². The number of nitrogens with one attached hydrogen (secondary N) is 1. The monoisotopic (exact) mass is 436 g/mol. The molecule has 2 amide bonds. The van der Waals surface area contributed by atoms with Gasteiger partial charge in [-0.3, -0.25) is 9.59 Å². The summed E-state index contributed by atoms with van der Waals surface area (Å²) in [5.74, 6) is -2.11. The molecule has 1 N–H and O–H groups in total. The van der Waals surface area contributed by atoms with E-state index in [0.29, 0.717) is 30.7 Å². The average molecular weight is 436 g/mol. The lowest BCUT2D eigenvalue weighted by atomic mass is 10.2. The minimum Gasteiger partial charge on any atom is -0.462 e. The Hall–Kier alpha value is -3.94. The van der Waals surface area contributed by atoms with E-state index in [4.69, 9.17) is 9.47 Å². The molecule has 0 spiro atoms. The van der Waals surface area contributed by atoms with Crippen molar-refractivity contribution in [3.8, 4) is 0 Å². The number of ether oxygens (including phenoxy) is 2. The van der Waals surface area contributed by atoms with Crippen molar-refractivity contribution < 1.29 is 28.7 Å². The average Bonchev–Trinajstić information content (AvgIpc) is 3.08. The van der Waals surface area contributed by atoms with Crippen molar-refractivity contribution in [3.05, 3.63) is 71.4 Å². The third-order valence-corrected chi connectivity index (χ3v) is 4.51. The summed E-state index contributed by atoms with van der Waals surface area (Å²) >= 11 is 0. The quantitative estimate of drug-likeness (QED) is 0.472. The fourth-order valence-electron chi connectivity index (χ4n) is 3.01. The second-order valence-corrected chi connectivity index (χ2v) is 7.06. The molecule has 0 saturated carbocycles. The highest BCUT2D eigenvalue weighted by Crippen LogP contribution is 2.25. The summed E-state index contributed by atoms with van der Waals surface area (Å²) < 4.78 is 10.2. The fraction of sp³-hybridized carbons (Fsp3) is 0.250. The molecule has 0 aliphatic carbocycles. The molecule has 0 bridgehead atoms. The van der Waals surface area contributed by atoms with E-state index in [9.17, 15) is 19.2 Å². The number of benzene rings is 2. The summed E-state index contributed by atoms with van der Waals surface area (Å²) in [5, 5.41) is 2.89. The molecular formula is C24H24N2O6. The molecule has 1 heterocycles. The van der Waals surface area contributed by atoms with Crippen LogP contribution in [0, 0.1) is 0 Å². The van der Waals surface area contributed by atoms with Gasteiger partial charge < -0.3 is 14.8 Å². The molecule has 8 nitrogen and oxygen atoms in total. The Balaban J connectivity index is 1.75. The van der Waals surface area contributed by atoms with Gasteiger partial charge in [-0.2, -0.15) is 0 Å². The largest absolute Gasteiger partial charge is 0.462 e. The van der Waals surface area contributed by atoms with Gasteiger partial charge in [-0.15, -0.1) is 0 Å². The predicted molar refractivity (Wildman–Crippen MR) is 118 cm³/mol. The van der Waals surface area contributed by atoms with Crippen LogP contribution in [0.1, 0.15) is 47.4 Å². The molecule has 1 aliphatic heterocycles. The summed E-state index contributed by atoms with van der Waals surface area (Å²) in [7, 11) is 0. The zero-order valence-corrected chi connectivity index (χ0v) is 17.9. The third-order valence-electron chi connectivity index (χ3n) is 4.51. The van der Waals surface area contributed by atoms with Gasteiger partial charge in [-0.05, 0) is 49.2 Å². The van der Waals surface area contributed by atoms with Crippen LogP contribution in [-0.4, -0.2) is 37.0 Å². The van der Waals surface area contributed by atoms with Crippen molar-refractivity contribution in [1.29, 1.82) is 0 Å². The van der Waals surface area contributed by atoms with E-state index in [0.717, 1.165) is 4.90 Å². The van der Waals surface area contributed by atoms with Gasteiger partial charge in [-0.25, -0.2) is 14.5 Å². The minimum atomic E-state index is -0.576. The maximum atomic E-state index is 12.9. The van der Waals surface area contributed by atoms with Crippen molar-refractivity contribution >= 4 is 35.1 Å². The lowest BCUT2D eigenvalue weighted by molar-refractivity contribution is -0.120. The Kier molecular flexibility index (Phi) is 7.38. The molecule has 8 heteroatoms. The van der Waals surface area contributed by atoms with E-state index in [1.807, 2.05) is 13.8 Å². The molecule has 0 fully saturated rings. The summed E-state index contributed by atoms with van der Waals surface area (Å²) in [6.45, 7) is 4.38. The van der Waals surface area contributed by atoms with Crippen LogP contribution in [0.15, 0.2) is 60.3 Å². The summed E-state index contributed by atoms with van der Waals surface area (Å²) in [4.78, 5) is 50.6. The van der Waals surface area contributed by atoms with Gasteiger partial charge in [0.2, 0.25) is 0 Å². The number of nitrogens with zero attached hydrogens (tertiary/aromatic N) is 1. The van der Waals surface area contributed by atoms with Crippen LogP contribution in [0.3, 0.4) is 0 Å². The molecule has 2 aromatic rings. The van der Waals surface area contributed by atoms with Crippen LogP contribution < -0.4 is 10.2 Å². The normalized spacial score (nSPS) is 13.1. The standard InChI is InChI=1S/C24H24N2O6/c1-3-11-31-23(29)16-7-5-9-18(13-16)25-20-15-21(27)26(22(20)28)19-10-6-8-17(14-19)24(30)32-12-4-2/h5-10,13-15,25H,3-4,11-12H2,1-2H3. The van der Waals surface area contributed by atoms with Crippen molar-refractivity contribution in [3.63, 3.8) is 0 Å². The predicted octanol–water partition coefficient (Wildman–Crippen LogP) is 3.69. The molecule has 166 valence electrons. The minimum absolute atomic E-state index is 0.0491. The van der Waals surface area contributed by atoms with Crippen molar-refractivity contribution in [1.82, 2.24) is 0 Å². The van der Waals surface area contributed by atoms with Crippen molar-refractivity contribution in [2.45, 2.75) is 26.7 Å². The molecule has 0 radical (unpaired) electrons. The van der Waals surface area contributed by atoms with Crippen LogP contribution in [0.2, 0.25) is 0 Å². The Morgan fingerprint density at radius 2 is 1.47 bits per heavy atom. The Morgan fingerprint density at radius 1 is 0.875 bits per heavy atom. The highest BCUT2D eigenvalue weighted by Gasteiger charge is 2.33. The first-order valence-corrected chi connectivity index (χ1v) is 10.4. The van der Waals surface area contributed by atoms with Crippen LogP contribution in [0.4, 0.5) is 11.4 Å². The van der Waals surface area contributed by atoms with Gasteiger partial charge in [0.1, 0.15) is 5.70 Å². The molecule has 1 aliphatic rings. The number of esters is 2. The topological polar surface area (TPSA) is 102 Å². The summed E-state index contributed by atoms with van der Waals surface area (Å²) in [6.07, 6.45) is 2.57. The van der Waals surface area contributed by atoms with Gasteiger partial charge >= 0.3 is 11.9 Å². The smallest absolute Gasteiger partial charge is 0.338 e. The van der Waals surface area contributed by atoms with Gasteiger partial charge in [0.15, 0.2) is 0 Å². The Bertz CT molecular complexity index is 1080. The molecule has 0 saturated heterocycles. The third kappa shape index (κ3) is 5.21. The van der Waals surface area contributed by atoms with E-state index in [-0.39, 0.29) is 23.6 Å². The van der Waals surface area contributed by atoms with Crippen molar-refractivity contribution in [2.75, 3.05) is 23.4 Å². The number of hydrogen-bond donors (Lipinski definition) is 1. The number of carbonyl (C=O) groups excluding carboxylic acids is 4. The fourth-order valence-corrected chi connectivity index (χ4v) is 3.01. The molecule has 3 rings (SSSR count). The maximum absolute atomic E-state index is 12.9. The van der Waals surface area contributed by atoms with Gasteiger partial charge in [0.25, 0.3) is 11.8 Å². The first-order valence-electron chi connectivity index (χ1n) is 10.4.